The molecule has 2 rings (SSSR count). The molecule has 0 amide bonds. The summed E-state index contributed by atoms with van der Waals surface area (Å²) in [6, 6.07) is 11.0. The van der Waals surface area contributed by atoms with E-state index in [1.165, 1.54) is 0 Å². The van der Waals surface area contributed by atoms with Gasteiger partial charge in [0.2, 0.25) is 0 Å². The Hall–Kier alpha value is -2.36. The number of rotatable bonds is 5. The summed E-state index contributed by atoms with van der Waals surface area (Å²) in [5, 5.41) is 12.3. The van der Waals surface area contributed by atoms with Crippen LogP contribution in [-0.2, 0) is 6.42 Å². The molecule has 0 bridgehead atoms. The first kappa shape index (κ1) is 13.1. The molecule has 0 unspecified atom stereocenters. The fraction of sp³-hybridized carbons (Fsp3) is 0.200. The summed E-state index contributed by atoms with van der Waals surface area (Å²) in [5.74, 6) is -0.609. The van der Waals surface area contributed by atoms with Crippen molar-refractivity contribution in [1.82, 2.24) is 4.98 Å². The number of pyridine rings is 1. The zero-order valence-electron chi connectivity index (χ0n) is 10.8. The van der Waals surface area contributed by atoms with Crippen molar-refractivity contribution in [3.8, 4) is 0 Å². The van der Waals surface area contributed by atoms with E-state index in [-0.39, 0.29) is 5.56 Å². The van der Waals surface area contributed by atoms with E-state index in [0.717, 1.165) is 24.1 Å². The lowest BCUT2D eigenvalue weighted by atomic mass is 10.1. The number of benzene rings is 1. The van der Waals surface area contributed by atoms with Crippen LogP contribution in [-0.4, -0.2) is 16.1 Å². The van der Waals surface area contributed by atoms with E-state index in [1.807, 2.05) is 24.3 Å². The monoisotopic (exact) mass is 256 g/mol. The highest BCUT2D eigenvalue weighted by Crippen LogP contribution is 2.23. The summed E-state index contributed by atoms with van der Waals surface area (Å²) >= 11 is 0. The van der Waals surface area contributed by atoms with Gasteiger partial charge in [0, 0.05) is 11.9 Å². The van der Waals surface area contributed by atoms with Gasteiger partial charge < -0.3 is 10.4 Å². The van der Waals surface area contributed by atoms with E-state index >= 15 is 0 Å². The number of aryl methyl sites for hydroxylation is 1. The number of carboxylic acids is 1. The summed E-state index contributed by atoms with van der Waals surface area (Å²) in [6.07, 6.45) is 3.56. The van der Waals surface area contributed by atoms with Crippen LogP contribution in [0.4, 0.5) is 11.5 Å². The second kappa shape index (κ2) is 6.00. The molecule has 0 aliphatic carbocycles. The van der Waals surface area contributed by atoms with Crippen molar-refractivity contribution in [3.05, 3.63) is 53.7 Å². The number of aromatic nitrogens is 1. The van der Waals surface area contributed by atoms with Crippen molar-refractivity contribution in [2.24, 2.45) is 0 Å². The Kier molecular flexibility index (Phi) is 4.13. The largest absolute Gasteiger partial charge is 0.478 e. The predicted molar refractivity (Wildman–Crippen MR) is 74.9 cm³/mol. The van der Waals surface area contributed by atoms with Gasteiger partial charge in [0.25, 0.3) is 0 Å². The lowest BCUT2D eigenvalue weighted by Gasteiger charge is -2.12. The highest BCUT2D eigenvalue weighted by Gasteiger charge is 2.11. The topological polar surface area (TPSA) is 62.2 Å². The number of carbonyl (C=O) groups is 1. The van der Waals surface area contributed by atoms with Crippen molar-refractivity contribution in [1.29, 1.82) is 0 Å². The van der Waals surface area contributed by atoms with Gasteiger partial charge in [-0.15, -0.1) is 0 Å². The van der Waals surface area contributed by atoms with Crippen LogP contribution in [0.25, 0.3) is 0 Å². The molecule has 2 aromatic rings. The summed E-state index contributed by atoms with van der Waals surface area (Å²) in [4.78, 5) is 15.2. The SMILES string of the molecule is CCCc1ccccc1Nc1ncccc1C(=O)O. The van der Waals surface area contributed by atoms with Gasteiger partial charge in [-0.05, 0) is 30.2 Å². The van der Waals surface area contributed by atoms with Gasteiger partial charge >= 0.3 is 5.97 Å². The van der Waals surface area contributed by atoms with E-state index < -0.39 is 5.97 Å². The fourth-order valence-corrected chi connectivity index (χ4v) is 1.93. The molecule has 19 heavy (non-hydrogen) atoms. The standard InChI is InChI=1S/C15H16N2O2/c1-2-6-11-7-3-4-9-13(11)17-14-12(15(18)19)8-5-10-16-14/h3-5,7-10H,2,6H2,1H3,(H,16,17)(H,18,19). The zero-order valence-corrected chi connectivity index (χ0v) is 10.8. The number of nitrogens with one attached hydrogen (secondary N) is 1. The van der Waals surface area contributed by atoms with Crippen LogP contribution in [0, 0.1) is 0 Å². The molecule has 0 radical (unpaired) electrons. The number of anilines is 2. The zero-order chi connectivity index (χ0) is 13.7. The van der Waals surface area contributed by atoms with Gasteiger partial charge in [0.15, 0.2) is 0 Å². The van der Waals surface area contributed by atoms with Crippen LogP contribution in [0.2, 0.25) is 0 Å². The Morgan fingerprint density at radius 1 is 1.26 bits per heavy atom. The molecule has 0 saturated carbocycles. The van der Waals surface area contributed by atoms with Crippen molar-refractivity contribution in [3.63, 3.8) is 0 Å². The minimum Gasteiger partial charge on any atom is -0.478 e. The number of hydrogen-bond donors (Lipinski definition) is 2. The molecule has 0 spiro atoms. The Balaban J connectivity index is 2.34. The summed E-state index contributed by atoms with van der Waals surface area (Å²) in [5.41, 5.74) is 2.24. The van der Waals surface area contributed by atoms with Crippen LogP contribution >= 0.6 is 0 Å². The maximum absolute atomic E-state index is 11.1. The van der Waals surface area contributed by atoms with Crippen LogP contribution in [0.1, 0.15) is 29.3 Å². The number of carboxylic acid groups (broad SMARTS) is 1. The van der Waals surface area contributed by atoms with E-state index in [4.69, 9.17) is 5.11 Å². The molecule has 0 fully saturated rings. The molecule has 0 aliphatic rings. The van der Waals surface area contributed by atoms with Gasteiger partial charge in [0.05, 0.1) is 0 Å². The number of para-hydroxylation sites is 1. The fourth-order valence-electron chi connectivity index (χ4n) is 1.93. The van der Waals surface area contributed by atoms with E-state index in [9.17, 15) is 4.79 Å². The molecule has 98 valence electrons. The average Bonchev–Trinajstić information content (AvgIpc) is 2.42. The molecule has 1 aromatic heterocycles. The molecular weight excluding hydrogens is 240 g/mol. The highest BCUT2D eigenvalue weighted by molar-refractivity contribution is 5.94. The number of hydrogen-bond acceptors (Lipinski definition) is 3. The molecule has 0 atom stereocenters. The molecule has 4 heteroatoms. The lowest BCUT2D eigenvalue weighted by molar-refractivity contribution is 0.0697. The highest BCUT2D eigenvalue weighted by atomic mass is 16.4. The molecule has 1 aromatic carbocycles. The minimum absolute atomic E-state index is 0.175. The second-order valence-electron chi connectivity index (χ2n) is 4.24. The van der Waals surface area contributed by atoms with Crippen molar-refractivity contribution < 1.29 is 9.90 Å². The quantitative estimate of drug-likeness (QED) is 0.859. The first-order chi connectivity index (χ1) is 9.22. The minimum atomic E-state index is -0.983. The molecule has 2 N–H and O–H groups in total. The third-order valence-electron chi connectivity index (χ3n) is 2.83. The molecule has 1 heterocycles. The number of nitrogens with zero attached hydrogens (tertiary/aromatic N) is 1. The van der Waals surface area contributed by atoms with Gasteiger partial charge in [-0.3, -0.25) is 0 Å². The summed E-state index contributed by atoms with van der Waals surface area (Å²) in [6.45, 7) is 2.11. The first-order valence-corrected chi connectivity index (χ1v) is 6.25. The van der Waals surface area contributed by atoms with E-state index in [2.05, 4.69) is 17.2 Å². The van der Waals surface area contributed by atoms with Crippen LogP contribution in [0.5, 0.6) is 0 Å². The van der Waals surface area contributed by atoms with Gasteiger partial charge in [-0.2, -0.15) is 0 Å². The van der Waals surface area contributed by atoms with Crippen molar-refractivity contribution in [2.45, 2.75) is 19.8 Å². The predicted octanol–water partition coefficient (Wildman–Crippen LogP) is 3.48. The second-order valence-corrected chi connectivity index (χ2v) is 4.24. The van der Waals surface area contributed by atoms with E-state index in [0.29, 0.717) is 5.82 Å². The number of aromatic carboxylic acids is 1. The van der Waals surface area contributed by atoms with Crippen molar-refractivity contribution in [2.75, 3.05) is 5.32 Å². The van der Waals surface area contributed by atoms with Gasteiger partial charge in [-0.25, -0.2) is 9.78 Å². The molecule has 4 nitrogen and oxygen atoms in total. The van der Waals surface area contributed by atoms with Gasteiger partial charge in [-0.1, -0.05) is 31.5 Å². The third-order valence-corrected chi connectivity index (χ3v) is 2.83. The van der Waals surface area contributed by atoms with Crippen molar-refractivity contribution >= 4 is 17.5 Å². The Morgan fingerprint density at radius 2 is 2.05 bits per heavy atom. The molecule has 0 saturated heterocycles. The first-order valence-electron chi connectivity index (χ1n) is 6.25. The molecular formula is C15H16N2O2. The van der Waals surface area contributed by atoms with E-state index in [1.54, 1.807) is 18.3 Å². The maximum Gasteiger partial charge on any atom is 0.339 e. The normalized spacial score (nSPS) is 10.2. The van der Waals surface area contributed by atoms with Crippen LogP contribution < -0.4 is 5.32 Å². The summed E-state index contributed by atoms with van der Waals surface area (Å²) in [7, 11) is 0. The smallest absolute Gasteiger partial charge is 0.339 e. The maximum atomic E-state index is 11.1. The van der Waals surface area contributed by atoms with Crippen LogP contribution in [0.3, 0.4) is 0 Å². The van der Waals surface area contributed by atoms with Gasteiger partial charge in [0.1, 0.15) is 11.4 Å². The lowest BCUT2D eigenvalue weighted by Crippen LogP contribution is -2.05. The average molecular weight is 256 g/mol. The molecule has 0 aliphatic heterocycles. The van der Waals surface area contributed by atoms with Crippen LogP contribution in [0.15, 0.2) is 42.6 Å². The third kappa shape index (κ3) is 3.10. The summed E-state index contributed by atoms with van der Waals surface area (Å²) < 4.78 is 0. The Bertz CT molecular complexity index is 582. The Morgan fingerprint density at radius 3 is 2.79 bits per heavy atom. The Labute approximate surface area is 112 Å².